The molecule has 0 atom stereocenters. The van der Waals surface area contributed by atoms with Crippen LogP contribution in [0.1, 0.15) is 18.6 Å². The van der Waals surface area contributed by atoms with E-state index in [1.54, 1.807) is 6.92 Å². The summed E-state index contributed by atoms with van der Waals surface area (Å²) in [6, 6.07) is 0. The van der Waals surface area contributed by atoms with Crippen molar-refractivity contribution in [3.63, 3.8) is 0 Å². The van der Waals surface area contributed by atoms with Crippen molar-refractivity contribution < 1.29 is 4.52 Å². The highest BCUT2D eigenvalue weighted by Gasteiger charge is 2.09. The van der Waals surface area contributed by atoms with Crippen molar-refractivity contribution >= 4 is 27.6 Å². The fourth-order valence-corrected chi connectivity index (χ4v) is 1.84. The standard InChI is InChI=1S/C10H13BrN6O/c1-3-12-9-8(11)10(15-5-14-9)13-4-7-16-6(2)17-18-7/h5H,3-4H2,1-2H3,(H2,12,13,14,15). The quantitative estimate of drug-likeness (QED) is 0.872. The number of aromatic nitrogens is 4. The first-order valence-corrected chi connectivity index (χ1v) is 6.27. The predicted molar refractivity (Wildman–Crippen MR) is 70.3 cm³/mol. The Kier molecular flexibility index (Phi) is 4.08. The van der Waals surface area contributed by atoms with Crippen molar-refractivity contribution in [2.24, 2.45) is 0 Å². The summed E-state index contributed by atoms with van der Waals surface area (Å²) in [5.74, 6) is 2.55. The Morgan fingerprint density at radius 3 is 2.61 bits per heavy atom. The van der Waals surface area contributed by atoms with Crippen LogP contribution in [0.2, 0.25) is 0 Å². The van der Waals surface area contributed by atoms with Gasteiger partial charge in [0.1, 0.15) is 22.4 Å². The van der Waals surface area contributed by atoms with E-state index >= 15 is 0 Å². The number of nitrogens with one attached hydrogen (secondary N) is 2. The van der Waals surface area contributed by atoms with Gasteiger partial charge in [0.2, 0.25) is 5.89 Å². The lowest BCUT2D eigenvalue weighted by molar-refractivity contribution is 0.379. The Labute approximate surface area is 113 Å². The van der Waals surface area contributed by atoms with Crippen LogP contribution in [-0.4, -0.2) is 26.7 Å². The van der Waals surface area contributed by atoms with E-state index in [2.05, 4.69) is 46.7 Å². The topological polar surface area (TPSA) is 88.8 Å². The average molecular weight is 313 g/mol. The van der Waals surface area contributed by atoms with E-state index in [0.717, 1.165) is 16.8 Å². The van der Waals surface area contributed by atoms with Gasteiger partial charge in [0.15, 0.2) is 5.82 Å². The SMILES string of the molecule is CCNc1ncnc(NCc2nc(C)no2)c1Br. The molecular formula is C10H13BrN6O. The fourth-order valence-electron chi connectivity index (χ4n) is 1.35. The monoisotopic (exact) mass is 312 g/mol. The second-order valence-electron chi connectivity index (χ2n) is 3.50. The molecule has 2 rings (SSSR count). The number of aryl methyl sites for hydroxylation is 1. The van der Waals surface area contributed by atoms with Gasteiger partial charge in [0.25, 0.3) is 0 Å². The molecule has 7 nitrogen and oxygen atoms in total. The Morgan fingerprint density at radius 2 is 2.00 bits per heavy atom. The number of halogens is 1. The Balaban J connectivity index is 2.07. The minimum atomic E-state index is 0.419. The second kappa shape index (κ2) is 5.76. The van der Waals surface area contributed by atoms with Crippen molar-refractivity contribution in [1.29, 1.82) is 0 Å². The van der Waals surface area contributed by atoms with Gasteiger partial charge in [-0.15, -0.1) is 0 Å². The van der Waals surface area contributed by atoms with Gasteiger partial charge in [-0.25, -0.2) is 9.97 Å². The fraction of sp³-hybridized carbons (Fsp3) is 0.400. The molecule has 2 aromatic heterocycles. The highest BCUT2D eigenvalue weighted by molar-refractivity contribution is 9.10. The second-order valence-corrected chi connectivity index (χ2v) is 4.30. The molecule has 2 aromatic rings. The molecule has 18 heavy (non-hydrogen) atoms. The summed E-state index contributed by atoms with van der Waals surface area (Å²) in [5.41, 5.74) is 0. The highest BCUT2D eigenvalue weighted by Crippen LogP contribution is 2.26. The lowest BCUT2D eigenvalue weighted by Gasteiger charge is -2.09. The summed E-state index contributed by atoms with van der Waals surface area (Å²) < 4.78 is 5.79. The Bertz CT molecular complexity index is 529. The molecule has 0 amide bonds. The van der Waals surface area contributed by atoms with Gasteiger partial charge in [-0.2, -0.15) is 4.98 Å². The van der Waals surface area contributed by atoms with Crippen LogP contribution in [0.5, 0.6) is 0 Å². The third-order valence-electron chi connectivity index (χ3n) is 2.11. The molecule has 0 spiro atoms. The third kappa shape index (κ3) is 2.95. The predicted octanol–water partition coefficient (Wildman–Crippen LogP) is 1.97. The van der Waals surface area contributed by atoms with E-state index in [0.29, 0.717) is 24.1 Å². The van der Waals surface area contributed by atoms with E-state index in [1.807, 2.05) is 6.92 Å². The summed E-state index contributed by atoms with van der Waals surface area (Å²) in [5, 5.41) is 9.95. The van der Waals surface area contributed by atoms with Gasteiger partial charge in [-0.1, -0.05) is 5.16 Å². The number of hydrogen-bond acceptors (Lipinski definition) is 7. The summed E-state index contributed by atoms with van der Waals surface area (Å²) in [6.07, 6.45) is 1.49. The summed E-state index contributed by atoms with van der Waals surface area (Å²) in [6.45, 7) is 4.99. The van der Waals surface area contributed by atoms with Gasteiger partial charge in [0.05, 0.1) is 6.54 Å². The number of rotatable bonds is 5. The van der Waals surface area contributed by atoms with Crippen molar-refractivity contribution in [2.45, 2.75) is 20.4 Å². The zero-order valence-corrected chi connectivity index (χ0v) is 11.7. The molecule has 0 fully saturated rings. The molecule has 0 aliphatic carbocycles. The maximum absolute atomic E-state index is 5.01. The molecule has 0 unspecified atom stereocenters. The van der Waals surface area contributed by atoms with Crippen LogP contribution in [-0.2, 0) is 6.54 Å². The minimum absolute atomic E-state index is 0.419. The molecule has 96 valence electrons. The summed E-state index contributed by atoms with van der Waals surface area (Å²) in [4.78, 5) is 12.4. The molecular weight excluding hydrogens is 300 g/mol. The molecule has 0 saturated carbocycles. The smallest absolute Gasteiger partial charge is 0.245 e. The van der Waals surface area contributed by atoms with E-state index in [1.165, 1.54) is 6.33 Å². The van der Waals surface area contributed by atoms with Gasteiger partial charge in [-0.3, -0.25) is 0 Å². The van der Waals surface area contributed by atoms with E-state index in [4.69, 9.17) is 4.52 Å². The zero-order chi connectivity index (χ0) is 13.0. The zero-order valence-electron chi connectivity index (χ0n) is 10.1. The Morgan fingerprint density at radius 1 is 1.28 bits per heavy atom. The molecule has 0 radical (unpaired) electrons. The number of anilines is 2. The lowest BCUT2D eigenvalue weighted by atomic mass is 10.5. The van der Waals surface area contributed by atoms with Crippen LogP contribution in [0.3, 0.4) is 0 Å². The van der Waals surface area contributed by atoms with Crippen molar-refractivity contribution in [3.05, 3.63) is 22.5 Å². The van der Waals surface area contributed by atoms with Crippen LogP contribution in [0.15, 0.2) is 15.3 Å². The van der Waals surface area contributed by atoms with Crippen LogP contribution in [0.4, 0.5) is 11.6 Å². The van der Waals surface area contributed by atoms with Gasteiger partial charge in [0, 0.05) is 6.54 Å². The van der Waals surface area contributed by atoms with Crippen LogP contribution < -0.4 is 10.6 Å². The third-order valence-corrected chi connectivity index (χ3v) is 2.86. The highest BCUT2D eigenvalue weighted by atomic mass is 79.9. The van der Waals surface area contributed by atoms with Gasteiger partial charge in [-0.05, 0) is 29.8 Å². The van der Waals surface area contributed by atoms with Crippen molar-refractivity contribution in [3.8, 4) is 0 Å². The normalized spacial score (nSPS) is 10.4. The molecule has 0 aromatic carbocycles. The van der Waals surface area contributed by atoms with E-state index in [-0.39, 0.29) is 0 Å². The van der Waals surface area contributed by atoms with Crippen molar-refractivity contribution in [1.82, 2.24) is 20.1 Å². The lowest BCUT2D eigenvalue weighted by Crippen LogP contribution is -2.06. The first-order valence-electron chi connectivity index (χ1n) is 5.48. The molecule has 0 bridgehead atoms. The number of nitrogens with zero attached hydrogens (tertiary/aromatic N) is 4. The Hall–Kier alpha value is -1.70. The molecule has 2 N–H and O–H groups in total. The molecule has 0 aliphatic rings. The first kappa shape index (κ1) is 12.7. The van der Waals surface area contributed by atoms with Gasteiger partial charge < -0.3 is 15.2 Å². The maximum Gasteiger partial charge on any atom is 0.245 e. The summed E-state index contributed by atoms with van der Waals surface area (Å²) in [7, 11) is 0. The van der Waals surface area contributed by atoms with Crippen LogP contribution in [0, 0.1) is 6.92 Å². The van der Waals surface area contributed by atoms with Crippen molar-refractivity contribution in [2.75, 3.05) is 17.2 Å². The summed E-state index contributed by atoms with van der Waals surface area (Å²) >= 11 is 3.44. The van der Waals surface area contributed by atoms with Crippen LogP contribution >= 0.6 is 15.9 Å². The first-order chi connectivity index (χ1) is 8.70. The van der Waals surface area contributed by atoms with Crippen LogP contribution in [0.25, 0.3) is 0 Å². The average Bonchev–Trinajstić information content (AvgIpc) is 2.77. The molecule has 2 heterocycles. The van der Waals surface area contributed by atoms with E-state index < -0.39 is 0 Å². The molecule has 0 aliphatic heterocycles. The number of hydrogen-bond donors (Lipinski definition) is 2. The molecule has 8 heteroatoms. The largest absolute Gasteiger partial charge is 0.369 e. The van der Waals surface area contributed by atoms with Gasteiger partial charge >= 0.3 is 0 Å². The maximum atomic E-state index is 5.01. The van der Waals surface area contributed by atoms with E-state index in [9.17, 15) is 0 Å². The minimum Gasteiger partial charge on any atom is -0.369 e. The molecule has 0 saturated heterocycles.